The van der Waals surface area contributed by atoms with Crippen molar-refractivity contribution in [1.82, 2.24) is 19.7 Å². The quantitative estimate of drug-likeness (QED) is 0.483. The second kappa shape index (κ2) is 8.79. The predicted molar refractivity (Wildman–Crippen MR) is 116 cm³/mol. The summed E-state index contributed by atoms with van der Waals surface area (Å²) in [6.07, 6.45) is 8.70. The second-order valence-corrected chi connectivity index (χ2v) is 7.90. The lowest BCUT2D eigenvalue weighted by Crippen LogP contribution is -2.40. The Kier molecular flexibility index (Phi) is 5.91. The zero-order chi connectivity index (χ0) is 22.7. The van der Waals surface area contributed by atoms with Crippen LogP contribution in [0.15, 0.2) is 35.2 Å². The fourth-order valence-corrected chi connectivity index (χ4v) is 4.00. The number of anilines is 2. The van der Waals surface area contributed by atoms with Crippen molar-refractivity contribution in [3.05, 3.63) is 42.2 Å². The summed E-state index contributed by atoms with van der Waals surface area (Å²) in [6, 6.07) is 3.58. The highest BCUT2D eigenvalue weighted by molar-refractivity contribution is 6.07. The molecule has 1 aliphatic carbocycles. The molecule has 4 rings (SSSR count). The first kappa shape index (κ1) is 21.5. The molecular formula is C21H25N7O4. The maximum absolute atomic E-state index is 12.6. The van der Waals surface area contributed by atoms with Crippen LogP contribution in [0.4, 0.5) is 11.5 Å². The Hall–Kier alpha value is -3.73. The molecule has 0 bridgehead atoms. The molecule has 0 atom stereocenters. The van der Waals surface area contributed by atoms with E-state index in [0.29, 0.717) is 18.0 Å². The Bertz CT molecular complexity index is 1130. The minimum absolute atomic E-state index is 0.0358. The SMILES string of the molecule is COCC1(Nc2cc(-c3nc(C(=O)Nc4cn(C)nc4C(N)=O)co3)ccn2)CCCC1. The molecule has 1 aliphatic rings. The monoisotopic (exact) mass is 439 g/mol. The average molecular weight is 439 g/mol. The van der Waals surface area contributed by atoms with E-state index in [2.05, 4.69) is 25.7 Å². The number of primary amides is 1. The lowest BCUT2D eigenvalue weighted by atomic mass is 9.99. The second-order valence-electron chi connectivity index (χ2n) is 7.90. The molecule has 4 N–H and O–H groups in total. The van der Waals surface area contributed by atoms with Crippen LogP contribution in [-0.2, 0) is 11.8 Å². The molecule has 11 heteroatoms. The third-order valence-corrected chi connectivity index (χ3v) is 5.43. The van der Waals surface area contributed by atoms with Crippen LogP contribution in [0.1, 0.15) is 46.7 Å². The fourth-order valence-electron chi connectivity index (χ4n) is 4.00. The highest BCUT2D eigenvalue weighted by atomic mass is 16.5. The van der Waals surface area contributed by atoms with Crippen LogP contribution in [0.2, 0.25) is 0 Å². The number of carbonyl (C=O) groups excluding carboxylic acids is 2. The maximum Gasteiger partial charge on any atom is 0.277 e. The smallest absolute Gasteiger partial charge is 0.277 e. The number of amides is 2. The topological polar surface area (TPSA) is 150 Å². The third kappa shape index (κ3) is 4.47. The van der Waals surface area contributed by atoms with Gasteiger partial charge in [0.15, 0.2) is 11.4 Å². The van der Waals surface area contributed by atoms with Crippen molar-refractivity contribution in [2.75, 3.05) is 24.4 Å². The molecule has 0 saturated heterocycles. The van der Waals surface area contributed by atoms with Gasteiger partial charge in [-0.1, -0.05) is 12.8 Å². The first-order valence-electron chi connectivity index (χ1n) is 10.2. The summed E-state index contributed by atoms with van der Waals surface area (Å²) in [7, 11) is 3.32. The van der Waals surface area contributed by atoms with Crippen LogP contribution in [0, 0.1) is 0 Å². The Labute approximate surface area is 184 Å². The van der Waals surface area contributed by atoms with Crippen molar-refractivity contribution < 1.29 is 18.7 Å². The predicted octanol–water partition coefficient (Wildman–Crippen LogP) is 2.19. The fraction of sp³-hybridized carbons (Fsp3) is 0.381. The molecule has 1 saturated carbocycles. The lowest BCUT2D eigenvalue weighted by molar-refractivity contribution is 0.0995. The lowest BCUT2D eigenvalue weighted by Gasteiger charge is -2.30. The van der Waals surface area contributed by atoms with Gasteiger partial charge in [0, 0.05) is 32.1 Å². The third-order valence-electron chi connectivity index (χ3n) is 5.43. The number of oxazole rings is 1. The van der Waals surface area contributed by atoms with E-state index in [9.17, 15) is 9.59 Å². The normalized spacial score (nSPS) is 14.9. The number of nitrogens with one attached hydrogen (secondary N) is 2. The molecule has 3 heterocycles. The van der Waals surface area contributed by atoms with E-state index >= 15 is 0 Å². The summed E-state index contributed by atoms with van der Waals surface area (Å²) in [5.74, 6) is -0.332. The number of hydrogen-bond acceptors (Lipinski definition) is 8. The Morgan fingerprint density at radius 2 is 2.12 bits per heavy atom. The van der Waals surface area contributed by atoms with Crippen LogP contribution < -0.4 is 16.4 Å². The number of hydrogen-bond donors (Lipinski definition) is 3. The van der Waals surface area contributed by atoms with Crippen LogP contribution in [-0.4, -0.2) is 50.8 Å². The Morgan fingerprint density at radius 3 is 2.84 bits per heavy atom. The number of aryl methyl sites for hydroxylation is 1. The summed E-state index contributed by atoms with van der Waals surface area (Å²) in [5, 5.41) is 10.0. The van der Waals surface area contributed by atoms with Crippen molar-refractivity contribution in [3.63, 3.8) is 0 Å². The van der Waals surface area contributed by atoms with E-state index in [-0.39, 0.29) is 28.5 Å². The number of rotatable bonds is 8. The van der Waals surface area contributed by atoms with E-state index in [1.165, 1.54) is 17.1 Å². The molecule has 11 nitrogen and oxygen atoms in total. The molecule has 0 unspecified atom stereocenters. The van der Waals surface area contributed by atoms with Gasteiger partial charge in [0.1, 0.15) is 12.1 Å². The van der Waals surface area contributed by atoms with Crippen molar-refractivity contribution in [3.8, 4) is 11.5 Å². The maximum atomic E-state index is 12.6. The number of aromatic nitrogens is 4. The van der Waals surface area contributed by atoms with Crippen LogP contribution in [0.3, 0.4) is 0 Å². The van der Waals surface area contributed by atoms with E-state index in [1.807, 2.05) is 6.07 Å². The van der Waals surface area contributed by atoms with E-state index < -0.39 is 11.8 Å². The largest absolute Gasteiger partial charge is 0.444 e. The van der Waals surface area contributed by atoms with Crippen molar-refractivity contribution >= 4 is 23.3 Å². The minimum atomic E-state index is -0.743. The molecule has 3 aromatic rings. The number of nitrogens with two attached hydrogens (primary N) is 1. The molecular weight excluding hydrogens is 414 g/mol. The molecule has 168 valence electrons. The van der Waals surface area contributed by atoms with Crippen molar-refractivity contribution in [1.29, 1.82) is 0 Å². The minimum Gasteiger partial charge on any atom is -0.444 e. The van der Waals surface area contributed by atoms with Gasteiger partial charge in [0.25, 0.3) is 11.8 Å². The highest BCUT2D eigenvalue weighted by Crippen LogP contribution is 2.33. The number of pyridine rings is 1. The van der Waals surface area contributed by atoms with Gasteiger partial charge in [-0.3, -0.25) is 14.3 Å². The number of carbonyl (C=O) groups is 2. The standard InChI is InChI=1S/C21H25N7O4/c1-28-10-14(17(27-28)18(22)29)24-19(30)15-11-32-20(25-15)13-5-8-23-16(9-13)26-21(12-31-2)6-3-4-7-21/h5,8-11H,3-4,6-7,12H2,1-2H3,(H2,22,29)(H,23,26)(H,24,30). The van der Waals surface area contributed by atoms with Gasteiger partial charge in [0.05, 0.1) is 17.8 Å². The first-order valence-corrected chi connectivity index (χ1v) is 10.2. The molecule has 0 radical (unpaired) electrons. The van der Waals surface area contributed by atoms with Gasteiger partial charge < -0.3 is 25.5 Å². The number of methoxy groups -OCH3 is 1. The Balaban J connectivity index is 1.51. The van der Waals surface area contributed by atoms with Crippen LogP contribution >= 0.6 is 0 Å². The van der Waals surface area contributed by atoms with Gasteiger partial charge in [-0.25, -0.2) is 9.97 Å². The van der Waals surface area contributed by atoms with Gasteiger partial charge >= 0.3 is 0 Å². The van der Waals surface area contributed by atoms with Crippen molar-refractivity contribution in [2.24, 2.45) is 12.8 Å². The number of ether oxygens (including phenoxy) is 1. The highest BCUT2D eigenvalue weighted by Gasteiger charge is 2.34. The molecule has 2 amide bonds. The summed E-state index contributed by atoms with van der Waals surface area (Å²) in [5.41, 5.74) is 6.06. The molecule has 1 fully saturated rings. The summed E-state index contributed by atoms with van der Waals surface area (Å²) in [6.45, 7) is 0.601. The van der Waals surface area contributed by atoms with Crippen LogP contribution in [0.25, 0.3) is 11.5 Å². The molecule has 32 heavy (non-hydrogen) atoms. The molecule has 0 aromatic carbocycles. The molecule has 3 aromatic heterocycles. The average Bonchev–Trinajstić information content (AvgIpc) is 3.49. The molecule has 0 aliphatic heterocycles. The summed E-state index contributed by atoms with van der Waals surface area (Å²) < 4.78 is 12.3. The number of nitrogens with zero attached hydrogens (tertiary/aromatic N) is 4. The van der Waals surface area contributed by atoms with Gasteiger partial charge in [-0.05, 0) is 25.0 Å². The zero-order valence-corrected chi connectivity index (χ0v) is 17.9. The first-order chi connectivity index (χ1) is 15.4. The van der Waals surface area contributed by atoms with Gasteiger partial charge in [-0.2, -0.15) is 5.10 Å². The van der Waals surface area contributed by atoms with Crippen LogP contribution in [0.5, 0.6) is 0 Å². The summed E-state index contributed by atoms with van der Waals surface area (Å²) in [4.78, 5) is 32.8. The zero-order valence-electron chi connectivity index (χ0n) is 17.9. The Morgan fingerprint density at radius 1 is 1.34 bits per heavy atom. The molecule has 0 spiro atoms. The van der Waals surface area contributed by atoms with E-state index in [4.69, 9.17) is 14.9 Å². The summed E-state index contributed by atoms with van der Waals surface area (Å²) >= 11 is 0. The van der Waals surface area contributed by atoms with Gasteiger partial charge in [0.2, 0.25) is 5.89 Å². The van der Waals surface area contributed by atoms with Crippen molar-refractivity contribution in [2.45, 2.75) is 31.2 Å². The van der Waals surface area contributed by atoms with E-state index in [1.54, 1.807) is 26.4 Å². The van der Waals surface area contributed by atoms with Gasteiger partial charge in [-0.15, -0.1) is 0 Å². The van der Waals surface area contributed by atoms with E-state index in [0.717, 1.165) is 25.7 Å².